The first-order chi connectivity index (χ1) is 9.33. The Hall–Kier alpha value is -0.863. The molecular weight excluding hydrogens is 260 g/mol. The molecule has 1 atom stereocenters. The van der Waals surface area contributed by atoms with E-state index in [1.54, 1.807) is 5.20 Å². The Morgan fingerprint density at radius 1 is 1.15 bits per heavy atom. The van der Waals surface area contributed by atoms with Crippen molar-refractivity contribution in [2.24, 2.45) is 5.41 Å². The number of hydrogen-bond acceptors (Lipinski definition) is 1. The molecular formula is C18H28OSi. The van der Waals surface area contributed by atoms with E-state index in [1.165, 1.54) is 24.1 Å². The first-order valence-electron chi connectivity index (χ1n) is 7.79. The lowest BCUT2D eigenvalue weighted by Gasteiger charge is -2.33. The van der Waals surface area contributed by atoms with E-state index < -0.39 is 8.32 Å². The first kappa shape index (κ1) is 15.5. The molecule has 1 nitrogen and oxygen atoms in total. The van der Waals surface area contributed by atoms with Crippen LogP contribution < -0.4 is 5.19 Å². The standard InChI is InChI=1S/C18H28OSi/c1-15(2)19-20(16-10-7-6-8-11-16)13-9-12-17(20)14-18(3,4)5/h6-8,10-11,14-15H,9,12-13H2,1-5H3/b17-14+. The van der Waals surface area contributed by atoms with Gasteiger partial charge in [0.1, 0.15) is 0 Å². The van der Waals surface area contributed by atoms with Crippen molar-refractivity contribution in [3.8, 4) is 0 Å². The van der Waals surface area contributed by atoms with Gasteiger partial charge in [0.2, 0.25) is 0 Å². The Kier molecular flexibility index (Phi) is 4.55. The Morgan fingerprint density at radius 3 is 2.35 bits per heavy atom. The van der Waals surface area contributed by atoms with Crippen LogP contribution in [0.4, 0.5) is 0 Å². The molecule has 1 fully saturated rings. The van der Waals surface area contributed by atoms with Gasteiger partial charge >= 0.3 is 0 Å². The van der Waals surface area contributed by atoms with Gasteiger partial charge in [0.05, 0.1) is 0 Å². The summed E-state index contributed by atoms with van der Waals surface area (Å²) in [4.78, 5) is 0. The summed E-state index contributed by atoms with van der Waals surface area (Å²) in [5, 5.41) is 3.05. The summed E-state index contributed by atoms with van der Waals surface area (Å²) in [6, 6.07) is 12.2. The van der Waals surface area contributed by atoms with Crippen LogP contribution in [0.1, 0.15) is 47.5 Å². The van der Waals surface area contributed by atoms with Gasteiger partial charge in [0.25, 0.3) is 8.32 Å². The number of rotatable bonds is 3. The van der Waals surface area contributed by atoms with E-state index in [-0.39, 0.29) is 5.41 Å². The summed E-state index contributed by atoms with van der Waals surface area (Å²) in [6.45, 7) is 11.2. The van der Waals surface area contributed by atoms with Crippen LogP contribution in [0, 0.1) is 5.41 Å². The molecule has 0 N–H and O–H groups in total. The summed E-state index contributed by atoms with van der Waals surface area (Å²) in [5.41, 5.74) is 0.229. The largest absolute Gasteiger partial charge is 0.406 e. The molecule has 1 aromatic carbocycles. The lowest BCUT2D eigenvalue weighted by Crippen LogP contribution is -2.52. The molecule has 2 rings (SSSR count). The van der Waals surface area contributed by atoms with Gasteiger partial charge in [-0.05, 0) is 43.3 Å². The molecule has 0 aliphatic carbocycles. The van der Waals surface area contributed by atoms with Crippen molar-refractivity contribution in [2.45, 2.75) is 59.6 Å². The number of benzene rings is 1. The molecule has 0 saturated carbocycles. The molecule has 110 valence electrons. The molecule has 0 bridgehead atoms. The predicted molar refractivity (Wildman–Crippen MR) is 89.6 cm³/mol. The van der Waals surface area contributed by atoms with E-state index in [0.717, 1.165) is 0 Å². The monoisotopic (exact) mass is 288 g/mol. The molecule has 0 spiro atoms. The Labute approximate surface area is 125 Å². The van der Waals surface area contributed by atoms with E-state index in [1.807, 2.05) is 0 Å². The molecule has 0 amide bonds. The zero-order chi connectivity index (χ0) is 14.8. The Morgan fingerprint density at radius 2 is 1.80 bits per heavy atom. The zero-order valence-corrected chi connectivity index (χ0v) is 14.6. The highest BCUT2D eigenvalue weighted by molar-refractivity contribution is 6.93. The minimum Gasteiger partial charge on any atom is -0.406 e. The summed E-state index contributed by atoms with van der Waals surface area (Å²) >= 11 is 0. The van der Waals surface area contributed by atoms with Crippen molar-refractivity contribution in [2.75, 3.05) is 0 Å². The van der Waals surface area contributed by atoms with E-state index >= 15 is 0 Å². The predicted octanol–water partition coefficient (Wildman–Crippen LogP) is 4.57. The van der Waals surface area contributed by atoms with Crippen molar-refractivity contribution in [3.05, 3.63) is 41.6 Å². The van der Waals surface area contributed by atoms with E-state index in [9.17, 15) is 0 Å². The van der Waals surface area contributed by atoms with Gasteiger partial charge in [-0.1, -0.05) is 62.4 Å². The maximum Gasteiger partial charge on any atom is 0.251 e. The van der Waals surface area contributed by atoms with Crippen molar-refractivity contribution in [3.63, 3.8) is 0 Å². The van der Waals surface area contributed by atoms with Crippen LogP contribution in [0.5, 0.6) is 0 Å². The van der Waals surface area contributed by atoms with Crippen molar-refractivity contribution < 1.29 is 4.43 Å². The third-order valence-electron chi connectivity index (χ3n) is 3.78. The second-order valence-electron chi connectivity index (χ2n) is 7.25. The molecule has 1 aromatic rings. The Balaban J connectivity index is 2.49. The Bertz CT molecular complexity index is 470. The van der Waals surface area contributed by atoms with Crippen LogP contribution >= 0.6 is 0 Å². The highest BCUT2D eigenvalue weighted by Crippen LogP contribution is 2.38. The lowest BCUT2D eigenvalue weighted by atomic mass is 9.96. The average molecular weight is 289 g/mol. The quantitative estimate of drug-likeness (QED) is 0.740. The summed E-state index contributed by atoms with van der Waals surface area (Å²) in [7, 11) is -1.95. The smallest absolute Gasteiger partial charge is 0.251 e. The molecule has 1 heterocycles. The second-order valence-corrected chi connectivity index (χ2v) is 10.9. The molecule has 2 heteroatoms. The van der Waals surface area contributed by atoms with Crippen LogP contribution in [0.15, 0.2) is 41.6 Å². The van der Waals surface area contributed by atoms with Crippen LogP contribution in [0.25, 0.3) is 0 Å². The number of hydrogen-bond donors (Lipinski definition) is 0. The van der Waals surface area contributed by atoms with Crippen LogP contribution in [-0.2, 0) is 4.43 Å². The lowest BCUT2D eigenvalue weighted by molar-refractivity contribution is 0.238. The minimum absolute atomic E-state index is 0.229. The fourth-order valence-electron chi connectivity index (χ4n) is 3.24. The summed E-state index contributed by atoms with van der Waals surface area (Å²) in [6.07, 6.45) is 5.27. The van der Waals surface area contributed by atoms with Crippen LogP contribution in [-0.4, -0.2) is 14.4 Å². The average Bonchev–Trinajstić information content (AvgIpc) is 2.71. The molecule has 1 unspecified atom stereocenters. The van der Waals surface area contributed by atoms with E-state index in [2.05, 4.69) is 71.0 Å². The van der Waals surface area contributed by atoms with E-state index in [0.29, 0.717) is 6.10 Å². The molecule has 1 aliphatic heterocycles. The van der Waals surface area contributed by atoms with E-state index in [4.69, 9.17) is 4.43 Å². The molecule has 1 saturated heterocycles. The molecule has 0 radical (unpaired) electrons. The maximum absolute atomic E-state index is 6.61. The third-order valence-corrected chi connectivity index (χ3v) is 8.41. The number of allylic oxidation sites excluding steroid dienone is 2. The maximum atomic E-state index is 6.61. The van der Waals surface area contributed by atoms with Crippen LogP contribution in [0.2, 0.25) is 6.04 Å². The topological polar surface area (TPSA) is 9.23 Å². The highest BCUT2D eigenvalue weighted by Gasteiger charge is 2.45. The van der Waals surface area contributed by atoms with Gasteiger partial charge in [-0.3, -0.25) is 0 Å². The normalized spacial score (nSPS) is 25.6. The first-order valence-corrected chi connectivity index (χ1v) is 9.91. The minimum atomic E-state index is -1.95. The second kappa shape index (κ2) is 5.86. The SMILES string of the molecule is CC(C)O[Si]1(c2ccccc2)CCC/C1=C\C(C)(C)C. The van der Waals surface area contributed by atoms with Crippen LogP contribution in [0.3, 0.4) is 0 Å². The fourth-order valence-corrected chi connectivity index (χ4v) is 8.09. The fraction of sp³-hybridized carbons (Fsp3) is 0.556. The van der Waals surface area contributed by atoms with Crippen molar-refractivity contribution in [1.29, 1.82) is 0 Å². The summed E-state index contributed by atoms with van der Waals surface area (Å²) < 4.78 is 6.61. The van der Waals surface area contributed by atoms with Gasteiger partial charge in [0, 0.05) is 6.10 Å². The molecule has 0 aromatic heterocycles. The molecule has 20 heavy (non-hydrogen) atoms. The van der Waals surface area contributed by atoms with Gasteiger partial charge < -0.3 is 4.43 Å². The van der Waals surface area contributed by atoms with Crippen molar-refractivity contribution in [1.82, 2.24) is 0 Å². The van der Waals surface area contributed by atoms with Gasteiger partial charge in [0.15, 0.2) is 0 Å². The van der Waals surface area contributed by atoms with Crippen molar-refractivity contribution >= 4 is 13.5 Å². The molecule has 1 aliphatic rings. The highest BCUT2D eigenvalue weighted by atomic mass is 28.4. The van der Waals surface area contributed by atoms with Gasteiger partial charge in [-0.2, -0.15) is 0 Å². The van der Waals surface area contributed by atoms with Gasteiger partial charge in [-0.25, -0.2) is 0 Å². The van der Waals surface area contributed by atoms with Gasteiger partial charge in [-0.15, -0.1) is 0 Å². The third kappa shape index (κ3) is 3.42. The summed E-state index contributed by atoms with van der Waals surface area (Å²) in [5.74, 6) is 0. The zero-order valence-electron chi connectivity index (χ0n) is 13.6.